The van der Waals surface area contributed by atoms with Gasteiger partial charge in [0.1, 0.15) is 12.4 Å². The summed E-state index contributed by atoms with van der Waals surface area (Å²) in [5, 5.41) is 8.54. The van der Waals surface area contributed by atoms with Gasteiger partial charge < -0.3 is 15.4 Å². The van der Waals surface area contributed by atoms with Crippen molar-refractivity contribution in [3.63, 3.8) is 0 Å². The first kappa shape index (κ1) is 24.4. The summed E-state index contributed by atoms with van der Waals surface area (Å²) in [6, 6.07) is 10.6. The van der Waals surface area contributed by atoms with Gasteiger partial charge in [-0.05, 0) is 79.5 Å². The van der Waals surface area contributed by atoms with Gasteiger partial charge in [-0.15, -0.1) is 0 Å². The monoisotopic (exact) mass is 515 g/mol. The number of ether oxygens (including phenoxy) is 1. The van der Waals surface area contributed by atoms with Crippen molar-refractivity contribution in [2.75, 3.05) is 31.3 Å². The van der Waals surface area contributed by atoms with Crippen molar-refractivity contribution in [2.24, 2.45) is 4.99 Å². The maximum Gasteiger partial charge on any atom is 0.272 e. The maximum atomic E-state index is 12.9. The molecular formula is C25H27F2N5O3S. The zero-order chi connectivity index (χ0) is 25.3. The Morgan fingerprint density at radius 2 is 1.97 bits per heavy atom. The fourth-order valence-corrected chi connectivity index (χ4v) is 5.08. The number of anilines is 1. The Labute approximate surface area is 208 Å². The minimum absolute atomic E-state index is 0.0104. The average Bonchev–Trinajstić information content (AvgIpc) is 3.10. The minimum atomic E-state index is -3.55. The van der Waals surface area contributed by atoms with Crippen molar-refractivity contribution in [1.29, 1.82) is 0 Å². The quantitative estimate of drug-likeness (QED) is 0.522. The molecule has 5 rings (SSSR count). The SMILES string of the molecule is CS(=O)(=O)c1ccc(C2=CC=CN3NC(Nc4ccc5c(c4)CCNCC5)N=C23)c(OCC(F)F)c1. The van der Waals surface area contributed by atoms with E-state index < -0.39 is 29.2 Å². The number of sulfone groups is 1. The molecule has 0 saturated heterocycles. The second-order valence-electron chi connectivity index (χ2n) is 8.79. The summed E-state index contributed by atoms with van der Waals surface area (Å²) in [4.78, 5) is 4.76. The lowest BCUT2D eigenvalue weighted by Gasteiger charge is -2.23. The molecule has 1 atom stereocenters. The van der Waals surface area contributed by atoms with Crippen LogP contribution in [0, 0.1) is 0 Å². The van der Waals surface area contributed by atoms with Crippen LogP contribution in [0.15, 0.2) is 64.6 Å². The molecule has 3 N–H and O–H groups in total. The summed E-state index contributed by atoms with van der Waals surface area (Å²) in [6.07, 6.45) is 5.24. The first-order chi connectivity index (χ1) is 17.3. The van der Waals surface area contributed by atoms with Crippen molar-refractivity contribution in [1.82, 2.24) is 15.8 Å². The number of aliphatic imine (C=N–C) groups is 1. The Morgan fingerprint density at radius 3 is 2.75 bits per heavy atom. The lowest BCUT2D eigenvalue weighted by atomic mass is 10.0. The average molecular weight is 516 g/mol. The van der Waals surface area contributed by atoms with Crippen LogP contribution in [-0.4, -0.2) is 57.9 Å². The van der Waals surface area contributed by atoms with Gasteiger partial charge in [0.25, 0.3) is 6.43 Å². The highest BCUT2D eigenvalue weighted by molar-refractivity contribution is 7.90. The first-order valence-corrected chi connectivity index (χ1v) is 13.5. The summed E-state index contributed by atoms with van der Waals surface area (Å²) in [6.45, 7) is 1.07. The Bertz CT molecular complexity index is 1360. The van der Waals surface area contributed by atoms with E-state index in [0.29, 0.717) is 17.0 Å². The van der Waals surface area contributed by atoms with Crippen LogP contribution in [0.2, 0.25) is 0 Å². The minimum Gasteiger partial charge on any atom is -0.487 e. The van der Waals surface area contributed by atoms with Gasteiger partial charge in [-0.2, -0.15) is 5.43 Å². The Hall–Kier alpha value is -3.28. The fourth-order valence-electron chi connectivity index (χ4n) is 4.44. The number of nitrogens with one attached hydrogen (secondary N) is 3. The second kappa shape index (κ2) is 10.00. The van der Waals surface area contributed by atoms with Gasteiger partial charge >= 0.3 is 0 Å². The highest BCUT2D eigenvalue weighted by Crippen LogP contribution is 2.34. The Morgan fingerprint density at radius 1 is 1.17 bits per heavy atom. The second-order valence-corrected chi connectivity index (χ2v) is 10.8. The highest BCUT2D eigenvalue weighted by atomic mass is 32.2. The molecule has 190 valence electrons. The van der Waals surface area contributed by atoms with E-state index in [1.54, 1.807) is 29.4 Å². The van der Waals surface area contributed by atoms with Gasteiger partial charge in [0.2, 0.25) is 0 Å². The van der Waals surface area contributed by atoms with Crippen molar-refractivity contribution >= 4 is 26.9 Å². The molecule has 0 aromatic heterocycles. The predicted molar refractivity (Wildman–Crippen MR) is 135 cm³/mol. The number of halogens is 2. The molecule has 8 nitrogen and oxygen atoms in total. The van der Waals surface area contributed by atoms with E-state index in [1.807, 2.05) is 6.07 Å². The third-order valence-corrected chi connectivity index (χ3v) is 7.28. The summed E-state index contributed by atoms with van der Waals surface area (Å²) in [5.41, 5.74) is 7.93. The van der Waals surface area contributed by atoms with Crippen LogP contribution < -0.4 is 20.8 Å². The number of hydrogen-bond acceptors (Lipinski definition) is 8. The maximum absolute atomic E-state index is 12.9. The predicted octanol–water partition coefficient (Wildman–Crippen LogP) is 2.95. The van der Waals surface area contributed by atoms with Crippen LogP contribution in [0.25, 0.3) is 5.57 Å². The number of benzene rings is 2. The van der Waals surface area contributed by atoms with E-state index >= 15 is 0 Å². The van der Waals surface area contributed by atoms with E-state index in [1.165, 1.54) is 23.3 Å². The normalized spacial score (nSPS) is 19.3. The number of nitrogens with zero attached hydrogens (tertiary/aromatic N) is 2. The summed E-state index contributed by atoms with van der Waals surface area (Å²) < 4.78 is 55.2. The molecule has 0 spiro atoms. The van der Waals surface area contributed by atoms with E-state index in [0.717, 1.165) is 37.9 Å². The number of fused-ring (bicyclic) bond motifs is 2. The third-order valence-electron chi connectivity index (χ3n) is 6.17. The topological polar surface area (TPSA) is 95.1 Å². The fraction of sp³-hybridized carbons (Fsp3) is 0.320. The number of alkyl halides is 2. The molecule has 0 saturated carbocycles. The standard InChI is InChI=1S/C25H27F2N5O3S/c1-36(33,34)19-6-7-20(22(14-19)35-15-23(26)27)21-3-2-12-32-24(21)30-25(31-32)29-18-5-4-16-8-10-28-11-9-17(16)13-18/h2-7,12-14,23,25,28-29,31H,8-11,15H2,1H3. The van der Waals surface area contributed by atoms with Gasteiger partial charge in [-0.25, -0.2) is 22.2 Å². The van der Waals surface area contributed by atoms with Crippen LogP contribution in [0.5, 0.6) is 5.75 Å². The molecule has 36 heavy (non-hydrogen) atoms. The molecule has 3 aliphatic rings. The number of hydrogen-bond donors (Lipinski definition) is 3. The lowest BCUT2D eigenvalue weighted by Crippen LogP contribution is -2.40. The Kier molecular flexibility index (Phi) is 6.78. The number of amidine groups is 1. The van der Waals surface area contributed by atoms with Crippen LogP contribution in [0.1, 0.15) is 16.7 Å². The van der Waals surface area contributed by atoms with Gasteiger partial charge in [0.15, 0.2) is 22.0 Å². The molecular weight excluding hydrogens is 488 g/mol. The molecule has 1 unspecified atom stereocenters. The largest absolute Gasteiger partial charge is 0.487 e. The molecule has 3 heterocycles. The van der Waals surface area contributed by atoms with Gasteiger partial charge in [0, 0.05) is 29.3 Å². The first-order valence-electron chi connectivity index (χ1n) is 11.6. The third kappa shape index (κ3) is 5.28. The molecule has 11 heteroatoms. The van der Waals surface area contributed by atoms with Crippen LogP contribution in [-0.2, 0) is 22.7 Å². The molecule has 0 aliphatic carbocycles. The number of hydrazine groups is 1. The zero-order valence-electron chi connectivity index (χ0n) is 19.7. The molecule has 0 bridgehead atoms. The van der Waals surface area contributed by atoms with Crippen LogP contribution >= 0.6 is 0 Å². The van der Waals surface area contributed by atoms with Crippen molar-refractivity contribution < 1.29 is 21.9 Å². The molecule has 2 aromatic carbocycles. The lowest BCUT2D eigenvalue weighted by molar-refractivity contribution is 0.0816. The number of allylic oxidation sites excluding steroid dienone is 2. The van der Waals surface area contributed by atoms with Crippen molar-refractivity contribution in [3.05, 3.63) is 71.4 Å². The highest BCUT2D eigenvalue weighted by Gasteiger charge is 2.30. The van der Waals surface area contributed by atoms with E-state index in [4.69, 9.17) is 9.73 Å². The zero-order valence-corrected chi connectivity index (χ0v) is 20.5. The van der Waals surface area contributed by atoms with Crippen LogP contribution in [0.3, 0.4) is 0 Å². The molecule has 0 fully saturated rings. The molecule has 0 amide bonds. The van der Waals surface area contributed by atoms with Crippen molar-refractivity contribution in [3.8, 4) is 5.75 Å². The summed E-state index contributed by atoms with van der Waals surface area (Å²) in [7, 11) is -3.55. The van der Waals surface area contributed by atoms with Gasteiger partial charge in [-0.1, -0.05) is 6.07 Å². The van der Waals surface area contributed by atoms with E-state index in [9.17, 15) is 17.2 Å². The summed E-state index contributed by atoms with van der Waals surface area (Å²) >= 11 is 0. The summed E-state index contributed by atoms with van der Waals surface area (Å²) in [5.74, 6) is 0.612. The Balaban J connectivity index is 1.42. The smallest absolute Gasteiger partial charge is 0.272 e. The van der Waals surface area contributed by atoms with Gasteiger partial charge in [-0.3, -0.25) is 5.01 Å². The molecule has 3 aliphatic heterocycles. The number of rotatable bonds is 7. The van der Waals surface area contributed by atoms with E-state index in [2.05, 4.69) is 28.2 Å². The molecule has 0 radical (unpaired) electrons. The van der Waals surface area contributed by atoms with E-state index in [-0.39, 0.29) is 10.6 Å². The van der Waals surface area contributed by atoms with Crippen LogP contribution in [0.4, 0.5) is 14.5 Å². The van der Waals surface area contributed by atoms with Crippen molar-refractivity contribution in [2.45, 2.75) is 30.5 Å². The van der Waals surface area contributed by atoms with Gasteiger partial charge in [0.05, 0.1) is 4.90 Å². The molecule has 2 aromatic rings.